The lowest BCUT2D eigenvalue weighted by atomic mass is 10.5. The highest BCUT2D eigenvalue weighted by molar-refractivity contribution is 7.13. The molecule has 0 aromatic carbocycles. The van der Waals surface area contributed by atoms with Crippen molar-refractivity contribution in [3.05, 3.63) is 9.88 Å². The van der Waals surface area contributed by atoms with E-state index in [1.807, 2.05) is 6.92 Å². The third kappa shape index (κ3) is 1.16. The summed E-state index contributed by atoms with van der Waals surface area (Å²) < 4.78 is 5.26. The molecule has 1 N–H and O–H groups in total. The fourth-order valence-electron chi connectivity index (χ4n) is 1.04. The number of nitrogens with one attached hydrogen (secondary N) is 1. The van der Waals surface area contributed by atoms with Crippen molar-refractivity contribution >= 4 is 17.2 Å². The summed E-state index contributed by atoms with van der Waals surface area (Å²) in [4.78, 5) is 16.0. The second-order valence-corrected chi connectivity index (χ2v) is 3.67. The van der Waals surface area contributed by atoms with Crippen molar-refractivity contribution in [3.8, 4) is 5.88 Å². The fourth-order valence-corrected chi connectivity index (χ4v) is 1.82. The molecule has 5 heteroatoms. The van der Waals surface area contributed by atoms with E-state index in [9.17, 15) is 4.79 Å². The first kappa shape index (κ1) is 7.54. The van der Waals surface area contributed by atoms with Gasteiger partial charge in [-0.15, -0.1) is 11.3 Å². The van der Waals surface area contributed by atoms with Gasteiger partial charge in [-0.3, -0.25) is 4.79 Å². The number of hydrogen-bond acceptors (Lipinski definition) is 4. The minimum Gasteiger partial charge on any atom is -0.475 e. The normalized spacial score (nSPS) is 15.9. The lowest BCUT2D eigenvalue weighted by Gasteiger charge is -1.96. The van der Waals surface area contributed by atoms with E-state index in [0.717, 1.165) is 5.01 Å². The van der Waals surface area contributed by atoms with Gasteiger partial charge in [0.15, 0.2) is 4.88 Å². The zero-order valence-corrected chi connectivity index (χ0v) is 7.40. The van der Waals surface area contributed by atoms with Gasteiger partial charge in [0.1, 0.15) is 6.61 Å². The second kappa shape index (κ2) is 2.75. The summed E-state index contributed by atoms with van der Waals surface area (Å²) >= 11 is 1.36. The maximum atomic E-state index is 11.3. The number of amides is 1. The summed E-state index contributed by atoms with van der Waals surface area (Å²) in [6.45, 7) is 2.92. The van der Waals surface area contributed by atoms with Gasteiger partial charge in [-0.1, -0.05) is 0 Å². The molecule has 0 atom stereocenters. The number of ether oxygens (including phenoxy) is 1. The molecule has 1 aliphatic heterocycles. The molecule has 0 bridgehead atoms. The van der Waals surface area contributed by atoms with E-state index >= 15 is 0 Å². The van der Waals surface area contributed by atoms with Crippen molar-refractivity contribution in [2.45, 2.75) is 6.92 Å². The first-order chi connectivity index (χ1) is 5.77. The minimum absolute atomic E-state index is 0.0758. The van der Waals surface area contributed by atoms with Crippen LogP contribution in [0.1, 0.15) is 14.7 Å². The first-order valence-electron chi connectivity index (χ1n) is 3.66. The average Bonchev–Trinajstić information content (AvgIpc) is 2.33. The number of nitrogens with zero attached hydrogens (tertiary/aromatic N) is 1. The Kier molecular flexibility index (Phi) is 1.73. The smallest absolute Gasteiger partial charge is 0.267 e. The van der Waals surface area contributed by atoms with E-state index in [0.29, 0.717) is 23.9 Å². The van der Waals surface area contributed by atoms with Crippen LogP contribution in [0.15, 0.2) is 0 Å². The Morgan fingerprint density at radius 3 is 3.33 bits per heavy atom. The van der Waals surface area contributed by atoms with Gasteiger partial charge in [-0.25, -0.2) is 4.98 Å². The molecule has 1 amide bonds. The molecule has 0 saturated heterocycles. The van der Waals surface area contributed by atoms with Crippen LogP contribution in [-0.2, 0) is 0 Å². The molecule has 1 aromatic heterocycles. The van der Waals surface area contributed by atoms with Crippen LogP contribution >= 0.6 is 11.3 Å². The number of carbonyl (C=O) groups is 1. The average molecular weight is 184 g/mol. The van der Waals surface area contributed by atoms with Crippen LogP contribution in [-0.4, -0.2) is 24.0 Å². The van der Waals surface area contributed by atoms with Crippen molar-refractivity contribution in [1.29, 1.82) is 0 Å². The monoisotopic (exact) mass is 184 g/mol. The SMILES string of the molecule is Cc1nc2c(s1)C(=O)NCCO2. The molecule has 0 spiro atoms. The van der Waals surface area contributed by atoms with Crippen molar-refractivity contribution in [2.24, 2.45) is 0 Å². The van der Waals surface area contributed by atoms with Crippen LogP contribution in [0.5, 0.6) is 5.88 Å². The van der Waals surface area contributed by atoms with E-state index in [-0.39, 0.29) is 5.91 Å². The Bertz CT molecular complexity index is 321. The Morgan fingerprint density at radius 2 is 2.50 bits per heavy atom. The van der Waals surface area contributed by atoms with Gasteiger partial charge in [-0.2, -0.15) is 0 Å². The van der Waals surface area contributed by atoms with Crippen molar-refractivity contribution in [3.63, 3.8) is 0 Å². The Hall–Kier alpha value is -1.10. The van der Waals surface area contributed by atoms with Crippen LogP contribution in [0.3, 0.4) is 0 Å². The predicted molar refractivity (Wildman–Crippen MR) is 44.7 cm³/mol. The molecule has 2 heterocycles. The number of fused-ring (bicyclic) bond motifs is 1. The van der Waals surface area contributed by atoms with E-state index < -0.39 is 0 Å². The van der Waals surface area contributed by atoms with Crippen LogP contribution in [0.2, 0.25) is 0 Å². The number of aromatic nitrogens is 1. The van der Waals surface area contributed by atoms with E-state index in [1.165, 1.54) is 11.3 Å². The lowest BCUT2D eigenvalue weighted by molar-refractivity contribution is 0.0961. The van der Waals surface area contributed by atoms with Gasteiger partial charge >= 0.3 is 0 Å². The molecule has 4 nitrogen and oxygen atoms in total. The van der Waals surface area contributed by atoms with Crippen molar-refractivity contribution in [1.82, 2.24) is 10.3 Å². The van der Waals surface area contributed by atoms with Crippen LogP contribution in [0, 0.1) is 6.92 Å². The number of hydrogen-bond donors (Lipinski definition) is 1. The highest BCUT2D eigenvalue weighted by atomic mass is 32.1. The molecule has 0 unspecified atom stereocenters. The standard InChI is InChI=1S/C7H8N2O2S/c1-4-9-7-5(12-4)6(10)8-2-3-11-7/h2-3H2,1H3,(H,8,10). The molecule has 0 aliphatic carbocycles. The van der Waals surface area contributed by atoms with Gasteiger partial charge in [0.25, 0.3) is 5.91 Å². The Balaban J connectivity index is 2.44. The summed E-state index contributed by atoms with van der Waals surface area (Å²) in [6.07, 6.45) is 0. The predicted octanol–water partition coefficient (Wildman–Crippen LogP) is 0.574. The largest absolute Gasteiger partial charge is 0.475 e. The third-order valence-corrected chi connectivity index (χ3v) is 2.49. The number of rotatable bonds is 0. The molecule has 0 radical (unpaired) electrons. The first-order valence-corrected chi connectivity index (χ1v) is 4.47. The molecule has 0 fully saturated rings. The van der Waals surface area contributed by atoms with Crippen LogP contribution in [0.4, 0.5) is 0 Å². The number of aryl methyl sites for hydroxylation is 1. The molecule has 0 saturated carbocycles. The highest BCUT2D eigenvalue weighted by Gasteiger charge is 2.20. The third-order valence-electron chi connectivity index (χ3n) is 1.54. The zero-order valence-electron chi connectivity index (χ0n) is 6.59. The van der Waals surface area contributed by atoms with Gasteiger partial charge in [0, 0.05) is 0 Å². The topological polar surface area (TPSA) is 51.2 Å². The van der Waals surface area contributed by atoms with E-state index in [4.69, 9.17) is 4.74 Å². The zero-order chi connectivity index (χ0) is 8.55. The summed E-state index contributed by atoms with van der Waals surface area (Å²) in [7, 11) is 0. The summed E-state index contributed by atoms with van der Waals surface area (Å²) in [5.74, 6) is 0.403. The number of thiazole rings is 1. The van der Waals surface area contributed by atoms with Crippen LogP contribution < -0.4 is 10.1 Å². The molecule has 64 valence electrons. The minimum atomic E-state index is -0.0758. The molecular weight excluding hydrogens is 176 g/mol. The summed E-state index contributed by atoms with van der Waals surface area (Å²) in [6, 6.07) is 0. The quantitative estimate of drug-likeness (QED) is 0.641. The maximum Gasteiger partial charge on any atom is 0.267 e. The number of carbonyl (C=O) groups excluding carboxylic acids is 1. The molecular formula is C7H8N2O2S. The van der Waals surface area contributed by atoms with E-state index in [1.54, 1.807) is 0 Å². The molecule has 1 aliphatic rings. The fraction of sp³-hybridized carbons (Fsp3) is 0.429. The van der Waals surface area contributed by atoms with Crippen LogP contribution in [0.25, 0.3) is 0 Å². The van der Waals surface area contributed by atoms with Crippen molar-refractivity contribution in [2.75, 3.05) is 13.2 Å². The highest BCUT2D eigenvalue weighted by Crippen LogP contribution is 2.25. The van der Waals surface area contributed by atoms with Gasteiger partial charge < -0.3 is 10.1 Å². The van der Waals surface area contributed by atoms with Gasteiger partial charge in [-0.05, 0) is 6.92 Å². The summed E-state index contributed by atoms with van der Waals surface area (Å²) in [5.41, 5.74) is 0. The van der Waals surface area contributed by atoms with Gasteiger partial charge in [0.2, 0.25) is 5.88 Å². The second-order valence-electron chi connectivity index (χ2n) is 2.47. The Labute approximate surface area is 73.6 Å². The Morgan fingerprint density at radius 1 is 1.67 bits per heavy atom. The van der Waals surface area contributed by atoms with Crippen molar-refractivity contribution < 1.29 is 9.53 Å². The van der Waals surface area contributed by atoms with E-state index in [2.05, 4.69) is 10.3 Å². The molecule has 12 heavy (non-hydrogen) atoms. The van der Waals surface area contributed by atoms with Gasteiger partial charge in [0.05, 0.1) is 11.6 Å². The molecule has 2 rings (SSSR count). The maximum absolute atomic E-state index is 11.3. The molecule has 1 aromatic rings. The summed E-state index contributed by atoms with van der Waals surface area (Å²) in [5, 5.41) is 3.58. The lowest BCUT2D eigenvalue weighted by Crippen LogP contribution is -2.23.